The fourth-order valence-corrected chi connectivity index (χ4v) is 4.58. The number of anilines is 2. The van der Waals surface area contributed by atoms with E-state index in [1.54, 1.807) is 11.3 Å². The molecular formula is C20H14IN3OS. The van der Waals surface area contributed by atoms with Gasteiger partial charge in [-0.15, -0.1) is 11.3 Å². The summed E-state index contributed by atoms with van der Waals surface area (Å²) < 4.78 is 7.03. The van der Waals surface area contributed by atoms with Crippen LogP contribution in [-0.2, 0) is 6.42 Å². The second-order valence-corrected chi connectivity index (χ2v) is 8.60. The van der Waals surface area contributed by atoms with Crippen LogP contribution in [0.2, 0.25) is 0 Å². The van der Waals surface area contributed by atoms with Gasteiger partial charge in [0.25, 0.3) is 0 Å². The average Bonchev–Trinajstić information content (AvgIpc) is 3.05. The zero-order chi connectivity index (χ0) is 17.9. The van der Waals surface area contributed by atoms with Crippen LogP contribution in [-0.4, -0.2) is 0 Å². The van der Waals surface area contributed by atoms with Crippen molar-refractivity contribution in [1.82, 2.24) is 0 Å². The molecule has 26 heavy (non-hydrogen) atoms. The molecule has 0 spiro atoms. The summed E-state index contributed by atoms with van der Waals surface area (Å²) in [5.74, 6) is 1.57. The molecule has 0 atom stereocenters. The highest BCUT2D eigenvalue weighted by atomic mass is 127. The Labute approximate surface area is 169 Å². The molecule has 6 heteroatoms. The zero-order valence-electron chi connectivity index (χ0n) is 13.6. The third-order valence-electron chi connectivity index (χ3n) is 3.90. The van der Waals surface area contributed by atoms with E-state index >= 15 is 0 Å². The van der Waals surface area contributed by atoms with Gasteiger partial charge in [0.2, 0.25) is 0 Å². The monoisotopic (exact) mass is 471 g/mol. The van der Waals surface area contributed by atoms with Crippen LogP contribution in [0.25, 0.3) is 0 Å². The van der Waals surface area contributed by atoms with Crippen molar-refractivity contribution in [1.29, 1.82) is 5.26 Å². The third-order valence-corrected chi connectivity index (χ3v) is 5.83. The average molecular weight is 471 g/mol. The number of nitrogens with one attached hydrogen (secondary N) is 1. The molecule has 0 unspecified atom stereocenters. The van der Waals surface area contributed by atoms with Crippen LogP contribution in [0.15, 0.2) is 72.4 Å². The molecule has 2 aromatic carbocycles. The van der Waals surface area contributed by atoms with Crippen LogP contribution in [0, 0.1) is 14.2 Å². The van der Waals surface area contributed by atoms with Gasteiger partial charge in [-0.3, -0.25) is 5.43 Å². The summed E-state index contributed by atoms with van der Waals surface area (Å²) in [5, 5.41) is 12.4. The molecule has 0 amide bonds. The Balaban J connectivity index is 1.54. The Morgan fingerprint density at radius 1 is 1.08 bits per heavy atom. The molecule has 1 aliphatic rings. The lowest BCUT2D eigenvalue weighted by atomic mass is 10.1. The highest BCUT2D eigenvalue weighted by Crippen LogP contribution is 2.38. The summed E-state index contributed by atoms with van der Waals surface area (Å²) in [6, 6.07) is 21.8. The molecule has 0 saturated carbocycles. The van der Waals surface area contributed by atoms with Crippen molar-refractivity contribution >= 4 is 44.6 Å². The van der Waals surface area contributed by atoms with E-state index in [4.69, 9.17) is 4.74 Å². The minimum atomic E-state index is 0.611. The maximum Gasteiger partial charge on any atom is 0.137 e. The van der Waals surface area contributed by atoms with Gasteiger partial charge in [-0.05, 0) is 83.1 Å². The number of thiophene rings is 1. The van der Waals surface area contributed by atoms with Crippen LogP contribution >= 0.6 is 33.9 Å². The molecule has 3 aromatic rings. The first-order valence-electron chi connectivity index (χ1n) is 8.01. The molecular weight excluding hydrogens is 457 g/mol. The maximum atomic E-state index is 9.46. The molecule has 0 aliphatic carbocycles. The molecule has 1 N–H and O–H groups in total. The first kappa shape index (κ1) is 16.9. The Hall–Kier alpha value is -2.50. The largest absolute Gasteiger partial charge is 0.457 e. The molecule has 0 fully saturated rings. The van der Waals surface area contributed by atoms with Crippen molar-refractivity contribution in [3.8, 4) is 17.6 Å². The van der Waals surface area contributed by atoms with Crippen molar-refractivity contribution in [3.63, 3.8) is 0 Å². The van der Waals surface area contributed by atoms with Crippen LogP contribution in [0.5, 0.6) is 11.5 Å². The lowest BCUT2D eigenvalue weighted by molar-refractivity contribution is 0.483. The number of fused-ring (bicyclic) bond motifs is 1. The summed E-state index contributed by atoms with van der Waals surface area (Å²) in [4.78, 5) is 0. The van der Waals surface area contributed by atoms with Gasteiger partial charge in [-0.1, -0.05) is 18.2 Å². The Morgan fingerprint density at radius 3 is 2.54 bits per heavy atom. The van der Waals surface area contributed by atoms with Crippen LogP contribution in [0.3, 0.4) is 0 Å². The molecule has 0 saturated heterocycles. The lowest BCUT2D eigenvalue weighted by Crippen LogP contribution is -2.30. The normalized spacial score (nSPS) is 12.8. The molecule has 0 bridgehead atoms. The lowest BCUT2D eigenvalue weighted by Gasteiger charge is -2.27. The Morgan fingerprint density at radius 2 is 1.81 bits per heavy atom. The SMILES string of the molecule is N#CC1=CCc2cc(I)sc2N1Nc1ccc(Oc2ccccc2)cc1. The van der Waals surface area contributed by atoms with Gasteiger partial charge in [0.1, 0.15) is 28.3 Å². The highest BCUT2D eigenvalue weighted by Gasteiger charge is 2.22. The predicted molar refractivity (Wildman–Crippen MR) is 113 cm³/mol. The van der Waals surface area contributed by atoms with E-state index in [0.29, 0.717) is 5.70 Å². The van der Waals surface area contributed by atoms with E-state index < -0.39 is 0 Å². The number of allylic oxidation sites excluding steroid dienone is 2. The number of benzene rings is 2. The molecule has 4 nitrogen and oxygen atoms in total. The number of ether oxygens (including phenoxy) is 1. The van der Waals surface area contributed by atoms with Crippen molar-refractivity contribution in [3.05, 3.63) is 80.9 Å². The number of nitriles is 1. The van der Waals surface area contributed by atoms with Crippen LogP contribution < -0.4 is 15.2 Å². The van der Waals surface area contributed by atoms with Gasteiger partial charge < -0.3 is 4.74 Å². The zero-order valence-corrected chi connectivity index (χ0v) is 16.6. The van der Waals surface area contributed by atoms with Gasteiger partial charge in [-0.2, -0.15) is 5.26 Å². The second kappa shape index (κ2) is 7.40. The third kappa shape index (κ3) is 3.54. The van der Waals surface area contributed by atoms with E-state index in [1.165, 1.54) is 8.45 Å². The topological polar surface area (TPSA) is 48.3 Å². The predicted octanol–water partition coefficient (Wildman–Crippen LogP) is 5.94. The first-order valence-corrected chi connectivity index (χ1v) is 9.91. The van der Waals surface area contributed by atoms with E-state index in [1.807, 2.05) is 65.7 Å². The quantitative estimate of drug-likeness (QED) is 0.479. The van der Waals surface area contributed by atoms with Gasteiger partial charge in [0.15, 0.2) is 0 Å². The van der Waals surface area contributed by atoms with Crippen LogP contribution in [0.1, 0.15) is 5.56 Å². The summed E-state index contributed by atoms with van der Waals surface area (Å²) >= 11 is 3.99. The van der Waals surface area contributed by atoms with E-state index in [9.17, 15) is 5.26 Å². The van der Waals surface area contributed by atoms with E-state index in [2.05, 4.69) is 40.2 Å². The fourth-order valence-electron chi connectivity index (χ4n) is 2.69. The maximum absolute atomic E-state index is 9.46. The molecule has 0 radical (unpaired) electrons. The van der Waals surface area contributed by atoms with Gasteiger partial charge in [0, 0.05) is 0 Å². The minimum absolute atomic E-state index is 0.611. The van der Waals surface area contributed by atoms with Crippen molar-refractivity contribution < 1.29 is 4.74 Å². The van der Waals surface area contributed by atoms with E-state index in [0.717, 1.165) is 28.6 Å². The number of hydrogen-bond acceptors (Lipinski definition) is 5. The van der Waals surface area contributed by atoms with Gasteiger partial charge in [0.05, 0.1) is 8.57 Å². The van der Waals surface area contributed by atoms with E-state index in [-0.39, 0.29) is 0 Å². The number of halogens is 1. The molecule has 128 valence electrons. The first-order chi connectivity index (χ1) is 12.7. The molecule has 4 rings (SSSR count). The number of para-hydroxylation sites is 1. The molecule has 2 heterocycles. The number of hydrogen-bond donors (Lipinski definition) is 1. The van der Waals surface area contributed by atoms with Crippen molar-refractivity contribution in [2.24, 2.45) is 0 Å². The van der Waals surface area contributed by atoms with Crippen molar-refractivity contribution in [2.75, 3.05) is 10.4 Å². The standard InChI is InChI=1S/C20H14IN3OS/c21-19-12-14-6-9-16(13-22)24(20(14)26-19)23-15-7-10-18(11-8-15)25-17-4-2-1-3-5-17/h1-5,7-12,23H,6H2. The fraction of sp³-hybridized carbons (Fsp3) is 0.0500. The Kier molecular flexibility index (Phi) is 4.82. The van der Waals surface area contributed by atoms with Crippen molar-refractivity contribution in [2.45, 2.75) is 6.42 Å². The van der Waals surface area contributed by atoms with Gasteiger partial charge >= 0.3 is 0 Å². The van der Waals surface area contributed by atoms with Crippen LogP contribution in [0.4, 0.5) is 10.7 Å². The van der Waals surface area contributed by atoms with Gasteiger partial charge in [-0.25, -0.2) is 5.01 Å². The summed E-state index contributed by atoms with van der Waals surface area (Å²) in [7, 11) is 0. The summed E-state index contributed by atoms with van der Waals surface area (Å²) in [6.07, 6.45) is 2.74. The summed E-state index contributed by atoms with van der Waals surface area (Å²) in [5.41, 5.74) is 6.07. The molecule has 1 aromatic heterocycles. The number of hydrazine groups is 1. The molecule has 1 aliphatic heterocycles. The highest BCUT2D eigenvalue weighted by molar-refractivity contribution is 14.1. The Bertz CT molecular complexity index is 990. The number of nitrogens with zero attached hydrogens (tertiary/aromatic N) is 2. The summed E-state index contributed by atoms with van der Waals surface area (Å²) in [6.45, 7) is 0. The second-order valence-electron chi connectivity index (χ2n) is 5.67. The smallest absolute Gasteiger partial charge is 0.137 e. The minimum Gasteiger partial charge on any atom is -0.457 e. The number of rotatable bonds is 4.